The summed E-state index contributed by atoms with van der Waals surface area (Å²) in [5.74, 6) is -1.09. The lowest BCUT2D eigenvalue weighted by atomic mass is 10.1. The number of aliphatic hydroxyl groups excluding tert-OH is 1. The second-order valence-corrected chi connectivity index (χ2v) is 4.48. The second-order valence-electron chi connectivity index (χ2n) is 4.48. The van der Waals surface area contributed by atoms with Crippen molar-refractivity contribution >= 4 is 5.97 Å². The standard InChI is InChI=1S/C16H15FO4/c17-13-5-6-14(16(19)20)12(9-13)10-21-15-4-2-1-3-11(15)7-8-18/h1-6,9,18H,7-8,10H2,(H,19,20). The molecule has 0 heterocycles. The van der Waals surface area contributed by atoms with Crippen LogP contribution in [0.2, 0.25) is 0 Å². The minimum Gasteiger partial charge on any atom is -0.489 e. The molecule has 2 aromatic carbocycles. The van der Waals surface area contributed by atoms with Crippen molar-refractivity contribution in [2.75, 3.05) is 6.61 Å². The average Bonchev–Trinajstić information content (AvgIpc) is 2.46. The van der Waals surface area contributed by atoms with Gasteiger partial charge >= 0.3 is 5.97 Å². The molecule has 0 radical (unpaired) electrons. The van der Waals surface area contributed by atoms with E-state index in [0.29, 0.717) is 12.2 Å². The highest BCUT2D eigenvalue weighted by Crippen LogP contribution is 2.21. The number of aromatic carboxylic acids is 1. The largest absolute Gasteiger partial charge is 0.489 e. The van der Waals surface area contributed by atoms with Crippen LogP contribution in [0.5, 0.6) is 5.75 Å². The maximum absolute atomic E-state index is 13.3. The van der Waals surface area contributed by atoms with E-state index in [4.69, 9.17) is 14.9 Å². The number of rotatable bonds is 6. The number of para-hydroxylation sites is 1. The lowest BCUT2D eigenvalue weighted by Gasteiger charge is -2.12. The molecule has 2 N–H and O–H groups in total. The van der Waals surface area contributed by atoms with Gasteiger partial charge in [-0.05, 0) is 36.2 Å². The zero-order valence-electron chi connectivity index (χ0n) is 11.3. The summed E-state index contributed by atoms with van der Waals surface area (Å²) in [6.07, 6.45) is 0.436. The third kappa shape index (κ3) is 3.79. The van der Waals surface area contributed by atoms with E-state index in [2.05, 4.69) is 0 Å². The summed E-state index contributed by atoms with van der Waals surface area (Å²) in [5.41, 5.74) is 1.09. The topological polar surface area (TPSA) is 66.8 Å². The molecule has 2 rings (SSSR count). The van der Waals surface area contributed by atoms with E-state index in [-0.39, 0.29) is 24.3 Å². The Morgan fingerprint density at radius 3 is 2.62 bits per heavy atom. The molecule has 0 atom stereocenters. The van der Waals surface area contributed by atoms with Crippen LogP contribution in [-0.4, -0.2) is 22.8 Å². The lowest BCUT2D eigenvalue weighted by molar-refractivity contribution is 0.0694. The van der Waals surface area contributed by atoms with E-state index < -0.39 is 11.8 Å². The van der Waals surface area contributed by atoms with Crippen LogP contribution in [0.1, 0.15) is 21.5 Å². The summed E-state index contributed by atoms with van der Waals surface area (Å²) in [5, 5.41) is 18.1. The van der Waals surface area contributed by atoms with Gasteiger partial charge in [0.1, 0.15) is 18.2 Å². The molecule has 0 fully saturated rings. The van der Waals surface area contributed by atoms with Crippen molar-refractivity contribution in [3.63, 3.8) is 0 Å². The molecule has 0 saturated carbocycles. The fourth-order valence-corrected chi connectivity index (χ4v) is 2.02. The Balaban J connectivity index is 2.20. The predicted molar refractivity (Wildman–Crippen MR) is 74.9 cm³/mol. The molecular formula is C16H15FO4. The first-order chi connectivity index (χ1) is 10.1. The number of hydrogen-bond acceptors (Lipinski definition) is 3. The Morgan fingerprint density at radius 2 is 1.90 bits per heavy atom. The van der Waals surface area contributed by atoms with Gasteiger partial charge in [-0.15, -0.1) is 0 Å². The minimum atomic E-state index is -1.13. The first-order valence-electron chi connectivity index (χ1n) is 6.45. The van der Waals surface area contributed by atoms with Gasteiger partial charge in [-0.1, -0.05) is 18.2 Å². The molecule has 2 aromatic rings. The van der Waals surface area contributed by atoms with Crippen LogP contribution in [0.4, 0.5) is 4.39 Å². The summed E-state index contributed by atoms with van der Waals surface area (Å²) >= 11 is 0. The predicted octanol–water partition coefficient (Wildman–Crippen LogP) is 2.64. The van der Waals surface area contributed by atoms with Crippen LogP contribution in [0.15, 0.2) is 42.5 Å². The molecule has 0 unspecified atom stereocenters. The zero-order valence-corrected chi connectivity index (χ0v) is 11.3. The molecule has 21 heavy (non-hydrogen) atoms. The highest BCUT2D eigenvalue weighted by atomic mass is 19.1. The number of hydrogen-bond donors (Lipinski definition) is 2. The second kappa shape index (κ2) is 6.85. The van der Waals surface area contributed by atoms with Crippen LogP contribution >= 0.6 is 0 Å². The number of aliphatic hydroxyl groups is 1. The molecule has 0 aliphatic carbocycles. The molecule has 0 amide bonds. The molecule has 110 valence electrons. The van der Waals surface area contributed by atoms with Gasteiger partial charge < -0.3 is 14.9 Å². The average molecular weight is 290 g/mol. The molecule has 4 nitrogen and oxygen atoms in total. The highest BCUT2D eigenvalue weighted by molar-refractivity contribution is 5.89. The Hall–Kier alpha value is -2.40. The van der Waals surface area contributed by atoms with Crippen LogP contribution in [-0.2, 0) is 13.0 Å². The van der Waals surface area contributed by atoms with Gasteiger partial charge in [-0.2, -0.15) is 0 Å². The summed E-state index contributed by atoms with van der Waals surface area (Å²) < 4.78 is 18.8. The quantitative estimate of drug-likeness (QED) is 0.858. The number of carbonyl (C=O) groups is 1. The third-order valence-electron chi connectivity index (χ3n) is 3.03. The van der Waals surface area contributed by atoms with Crippen molar-refractivity contribution in [3.05, 3.63) is 65.0 Å². The molecule has 0 aliphatic heterocycles. The molecular weight excluding hydrogens is 275 g/mol. The lowest BCUT2D eigenvalue weighted by Crippen LogP contribution is -2.07. The van der Waals surface area contributed by atoms with Gasteiger partial charge in [0.25, 0.3) is 0 Å². The van der Waals surface area contributed by atoms with Crippen LogP contribution < -0.4 is 4.74 Å². The molecule has 0 bridgehead atoms. The van der Waals surface area contributed by atoms with E-state index in [1.54, 1.807) is 12.1 Å². The first kappa shape index (κ1) is 15.0. The van der Waals surface area contributed by atoms with E-state index in [0.717, 1.165) is 17.7 Å². The number of ether oxygens (including phenoxy) is 1. The monoisotopic (exact) mass is 290 g/mol. The smallest absolute Gasteiger partial charge is 0.336 e. The van der Waals surface area contributed by atoms with Gasteiger partial charge in [-0.3, -0.25) is 0 Å². The minimum absolute atomic E-state index is 0.0102. The maximum atomic E-state index is 13.3. The van der Waals surface area contributed by atoms with Crippen molar-refractivity contribution in [1.82, 2.24) is 0 Å². The van der Waals surface area contributed by atoms with Crippen molar-refractivity contribution < 1.29 is 24.1 Å². The fourth-order valence-electron chi connectivity index (χ4n) is 2.02. The fraction of sp³-hybridized carbons (Fsp3) is 0.188. The maximum Gasteiger partial charge on any atom is 0.336 e. The Morgan fingerprint density at radius 1 is 1.14 bits per heavy atom. The molecule has 0 aromatic heterocycles. The summed E-state index contributed by atoms with van der Waals surface area (Å²) in [6, 6.07) is 10.6. The van der Waals surface area contributed by atoms with Gasteiger partial charge in [0.15, 0.2) is 0 Å². The van der Waals surface area contributed by atoms with Crippen LogP contribution in [0.25, 0.3) is 0 Å². The highest BCUT2D eigenvalue weighted by Gasteiger charge is 2.12. The first-order valence-corrected chi connectivity index (χ1v) is 6.45. The normalized spacial score (nSPS) is 10.4. The van der Waals surface area contributed by atoms with Crippen molar-refractivity contribution in [1.29, 1.82) is 0 Å². The Kier molecular flexibility index (Phi) is 4.90. The number of carboxylic acids is 1. The van der Waals surface area contributed by atoms with E-state index in [9.17, 15) is 9.18 Å². The number of carboxylic acid groups (broad SMARTS) is 1. The van der Waals surface area contributed by atoms with Gasteiger partial charge in [-0.25, -0.2) is 9.18 Å². The summed E-state index contributed by atoms with van der Waals surface area (Å²) in [4.78, 5) is 11.1. The molecule has 0 spiro atoms. The summed E-state index contributed by atoms with van der Waals surface area (Å²) in [7, 11) is 0. The van der Waals surface area contributed by atoms with E-state index in [1.165, 1.54) is 6.07 Å². The van der Waals surface area contributed by atoms with Crippen LogP contribution in [0, 0.1) is 5.82 Å². The van der Waals surface area contributed by atoms with Crippen molar-refractivity contribution in [2.45, 2.75) is 13.0 Å². The molecule has 5 heteroatoms. The molecule has 0 saturated heterocycles. The Bertz CT molecular complexity index is 640. The van der Waals surface area contributed by atoms with E-state index >= 15 is 0 Å². The van der Waals surface area contributed by atoms with Gasteiger partial charge in [0.2, 0.25) is 0 Å². The third-order valence-corrected chi connectivity index (χ3v) is 3.03. The number of halogens is 1. The number of benzene rings is 2. The summed E-state index contributed by atoms with van der Waals surface area (Å²) in [6.45, 7) is -0.0669. The van der Waals surface area contributed by atoms with Crippen molar-refractivity contribution in [2.24, 2.45) is 0 Å². The Labute approximate surface area is 121 Å². The van der Waals surface area contributed by atoms with Crippen molar-refractivity contribution in [3.8, 4) is 5.75 Å². The molecule has 0 aliphatic rings. The van der Waals surface area contributed by atoms with Crippen LogP contribution in [0.3, 0.4) is 0 Å². The van der Waals surface area contributed by atoms with Gasteiger partial charge in [0.05, 0.1) is 5.56 Å². The zero-order chi connectivity index (χ0) is 15.2. The SMILES string of the molecule is O=C(O)c1ccc(F)cc1COc1ccccc1CCO. The van der Waals surface area contributed by atoms with E-state index in [1.807, 2.05) is 12.1 Å². The van der Waals surface area contributed by atoms with Gasteiger partial charge in [0, 0.05) is 12.2 Å².